The fourth-order valence-electron chi connectivity index (χ4n) is 2.20. The van der Waals surface area contributed by atoms with Gasteiger partial charge in [0.1, 0.15) is 0 Å². The number of carbonyl (C=O) groups is 1. The molecule has 1 aromatic rings. The number of hydrogen-bond donors (Lipinski definition) is 1. The lowest BCUT2D eigenvalue weighted by Crippen LogP contribution is -2.25. The van der Waals surface area contributed by atoms with Crippen LogP contribution in [0.2, 0.25) is 0 Å². The number of halogens is 1. The first kappa shape index (κ1) is 14.0. The summed E-state index contributed by atoms with van der Waals surface area (Å²) in [7, 11) is 1.41. The summed E-state index contributed by atoms with van der Waals surface area (Å²) in [5.74, 6) is -0.267. The van der Waals surface area contributed by atoms with E-state index in [1.807, 2.05) is 12.1 Å². The van der Waals surface area contributed by atoms with Gasteiger partial charge in [-0.05, 0) is 30.7 Å². The second kappa shape index (κ2) is 5.52. The first-order valence-corrected chi connectivity index (χ1v) is 5.55. The minimum absolute atomic E-state index is 0. The molecule has 0 spiro atoms. The largest absolute Gasteiger partial charge is 0.465 e. The normalized spacial score (nSPS) is 22.9. The van der Waals surface area contributed by atoms with Crippen LogP contribution >= 0.6 is 12.4 Å². The van der Waals surface area contributed by atoms with Crippen molar-refractivity contribution < 1.29 is 9.53 Å². The van der Waals surface area contributed by atoms with E-state index in [0.29, 0.717) is 5.56 Å². The van der Waals surface area contributed by atoms with E-state index in [1.165, 1.54) is 12.7 Å². The fourth-order valence-corrected chi connectivity index (χ4v) is 2.20. The maximum atomic E-state index is 11.4. The van der Waals surface area contributed by atoms with Crippen LogP contribution in [0.3, 0.4) is 0 Å². The van der Waals surface area contributed by atoms with Crippen molar-refractivity contribution in [2.45, 2.75) is 18.8 Å². The predicted molar refractivity (Wildman–Crippen MR) is 69.9 cm³/mol. The number of benzene rings is 1. The Morgan fingerprint density at radius 1 is 1.47 bits per heavy atom. The van der Waals surface area contributed by atoms with Gasteiger partial charge in [-0.1, -0.05) is 19.1 Å². The molecule has 3 nitrogen and oxygen atoms in total. The van der Waals surface area contributed by atoms with E-state index >= 15 is 0 Å². The first-order valence-electron chi connectivity index (χ1n) is 5.55. The molecule has 17 heavy (non-hydrogen) atoms. The number of esters is 1. The molecule has 1 aromatic carbocycles. The standard InChI is InChI=1S/C13H17NO2.ClH/c1-13(6-7-14-9-13)11-5-3-4-10(8-11)12(15)16-2;/h3-5,8,14H,6-7,9H2,1-2H3;1H. The molecule has 1 aliphatic rings. The summed E-state index contributed by atoms with van der Waals surface area (Å²) in [6, 6.07) is 7.74. The molecule has 0 aliphatic carbocycles. The molecule has 0 aromatic heterocycles. The summed E-state index contributed by atoms with van der Waals surface area (Å²) < 4.78 is 4.73. The number of rotatable bonds is 2. The highest BCUT2D eigenvalue weighted by molar-refractivity contribution is 5.89. The van der Waals surface area contributed by atoms with Crippen molar-refractivity contribution in [1.82, 2.24) is 5.32 Å². The molecule has 1 atom stereocenters. The third-order valence-electron chi connectivity index (χ3n) is 3.35. The third-order valence-corrected chi connectivity index (χ3v) is 3.35. The highest BCUT2D eigenvalue weighted by atomic mass is 35.5. The van der Waals surface area contributed by atoms with E-state index < -0.39 is 0 Å². The van der Waals surface area contributed by atoms with Gasteiger partial charge < -0.3 is 10.1 Å². The van der Waals surface area contributed by atoms with E-state index in [1.54, 1.807) is 6.07 Å². The Hall–Kier alpha value is -1.06. The molecule has 94 valence electrons. The maximum Gasteiger partial charge on any atom is 0.337 e. The topological polar surface area (TPSA) is 38.3 Å². The Kier molecular flexibility index (Phi) is 4.54. The third kappa shape index (κ3) is 2.79. The monoisotopic (exact) mass is 255 g/mol. The molecule has 1 heterocycles. The van der Waals surface area contributed by atoms with Crippen LogP contribution in [0.25, 0.3) is 0 Å². The van der Waals surface area contributed by atoms with Crippen LogP contribution in [0.1, 0.15) is 29.3 Å². The van der Waals surface area contributed by atoms with Crippen LogP contribution in [-0.2, 0) is 10.2 Å². The summed E-state index contributed by atoms with van der Waals surface area (Å²) in [5.41, 5.74) is 1.98. The lowest BCUT2D eigenvalue weighted by molar-refractivity contribution is 0.0600. The second-order valence-corrected chi connectivity index (χ2v) is 4.56. The molecule has 1 unspecified atom stereocenters. The van der Waals surface area contributed by atoms with Crippen LogP contribution < -0.4 is 5.32 Å². The molecule has 0 bridgehead atoms. The quantitative estimate of drug-likeness (QED) is 0.823. The molecule has 1 saturated heterocycles. The van der Waals surface area contributed by atoms with Crippen molar-refractivity contribution in [3.05, 3.63) is 35.4 Å². The zero-order valence-corrected chi connectivity index (χ0v) is 11.0. The number of methoxy groups -OCH3 is 1. The zero-order valence-electron chi connectivity index (χ0n) is 10.2. The lowest BCUT2D eigenvalue weighted by Gasteiger charge is -2.23. The molecule has 0 amide bonds. The number of hydrogen-bond acceptors (Lipinski definition) is 3. The summed E-state index contributed by atoms with van der Waals surface area (Å²) >= 11 is 0. The predicted octanol–water partition coefficient (Wildman–Crippen LogP) is 2.15. The minimum Gasteiger partial charge on any atom is -0.465 e. The van der Waals surface area contributed by atoms with E-state index in [9.17, 15) is 4.79 Å². The molecule has 0 saturated carbocycles. The van der Waals surface area contributed by atoms with Gasteiger partial charge in [0, 0.05) is 12.0 Å². The fraction of sp³-hybridized carbons (Fsp3) is 0.462. The van der Waals surface area contributed by atoms with Gasteiger partial charge in [-0.25, -0.2) is 4.79 Å². The molecule has 0 radical (unpaired) electrons. The van der Waals surface area contributed by atoms with Crippen molar-refractivity contribution in [3.63, 3.8) is 0 Å². The van der Waals surface area contributed by atoms with Crippen molar-refractivity contribution in [1.29, 1.82) is 0 Å². The van der Waals surface area contributed by atoms with Gasteiger partial charge in [0.25, 0.3) is 0 Å². The maximum absolute atomic E-state index is 11.4. The molecular formula is C13H18ClNO2. The molecule has 1 aliphatic heterocycles. The SMILES string of the molecule is COC(=O)c1cccc(C2(C)CCNC2)c1.Cl. The molecule has 2 rings (SSSR count). The van der Waals surface area contributed by atoms with Crippen molar-refractivity contribution in [3.8, 4) is 0 Å². The van der Waals surface area contributed by atoms with Gasteiger partial charge in [0.15, 0.2) is 0 Å². The highest BCUT2D eigenvalue weighted by Crippen LogP contribution is 2.30. The van der Waals surface area contributed by atoms with E-state index in [4.69, 9.17) is 4.74 Å². The Morgan fingerprint density at radius 2 is 2.24 bits per heavy atom. The summed E-state index contributed by atoms with van der Waals surface area (Å²) in [6.45, 7) is 4.24. The zero-order chi connectivity index (χ0) is 11.6. The molecular weight excluding hydrogens is 238 g/mol. The Balaban J connectivity index is 0.00000144. The van der Waals surface area contributed by atoms with Gasteiger partial charge >= 0.3 is 5.97 Å². The van der Waals surface area contributed by atoms with Crippen molar-refractivity contribution in [2.24, 2.45) is 0 Å². The Labute approximate surface area is 108 Å². The van der Waals surface area contributed by atoms with E-state index in [0.717, 1.165) is 19.5 Å². The van der Waals surface area contributed by atoms with Crippen LogP contribution in [0.5, 0.6) is 0 Å². The summed E-state index contributed by atoms with van der Waals surface area (Å²) in [4.78, 5) is 11.4. The average molecular weight is 256 g/mol. The lowest BCUT2D eigenvalue weighted by atomic mass is 9.81. The second-order valence-electron chi connectivity index (χ2n) is 4.56. The minimum atomic E-state index is -0.267. The Bertz CT molecular complexity index is 400. The average Bonchev–Trinajstić information content (AvgIpc) is 2.77. The molecule has 1 fully saturated rings. The smallest absolute Gasteiger partial charge is 0.337 e. The summed E-state index contributed by atoms with van der Waals surface area (Å²) in [6.07, 6.45) is 1.11. The number of ether oxygens (including phenoxy) is 1. The van der Waals surface area contributed by atoms with Gasteiger partial charge in [0.2, 0.25) is 0 Å². The van der Waals surface area contributed by atoms with Crippen molar-refractivity contribution in [2.75, 3.05) is 20.2 Å². The van der Waals surface area contributed by atoms with Gasteiger partial charge in [-0.15, -0.1) is 12.4 Å². The van der Waals surface area contributed by atoms with Gasteiger partial charge in [-0.2, -0.15) is 0 Å². The highest BCUT2D eigenvalue weighted by Gasteiger charge is 2.30. The number of carbonyl (C=O) groups excluding carboxylic acids is 1. The van der Waals surface area contributed by atoms with E-state index in [-0.39, 0.29) is 23.8 Å². The van der Waals surface area contributed by atoms with Gasteiger partial charge in [-0.3, -0.25) is 0 Å². The van der Waals surface area contributed by atoms with Crippen LogP contribution in [-0.4, -0.2) is 26.2 Å². The van der Waals surface area contributed by atoms with Crippen LogP contribution in [0.4, 0.5) is 0 Å². The number of nitrogens with one attached hydrogen (secondary N) is 1. The van der Waals surface area contributed by atoms with Crippen molar-refractivity contribution >= 4 is 18.4 Å². The van der Waals surface area contributed by atoms with Crippen LogP contribution in [0.15, 0.2) is 24.3 Å². The Morgan fingerprint density at radius 3 is 2.82 bits per heavy atom. The van der Waals surface area contributed by atoms with Crippen LogP contribution in [0, 0.1) is 0 Å². The molecule has 4 heteroatoms. The molecule has 1 N–H and O–H groups in total. The summed E-state index contributed by atoms with van der Waals surface area (Å²) in [5, 5.41) is 3.36. The van der Waals surface area contributed by atoms with Gasteiger partial charge in [0.05, 0.1) is 12.7 Å². The van der Waals surface area contributed by atoms with E-state index in [2.05, 4.69) is 18.3 Å². The first-order chi connectivity index (χ1) is 7.65.